The van der Waals surface area contributed by atoms with Gasteiger partial charge in [0.2, 0.25) is 10.7 Å². The van der Waals surface area contributed by atoms with Gasteiger partial charge in [0, 0.05) is 136 Å². The molecule has 4 fully saturated rings. The van der Waals surface area contributed by atoms with Gasteiger partial charge < -0.3 is 58.0 Å². The van der Waals surface area contributed by atoms with E-state index < -0.39 is 27.7 Å². The molecule has 22 heteroatoms. The summed E-state index contributed by atoms with van der Waals surface area (Å²) in [5, 5.41) is 53.3. The van der Waals surface area contributed by atoms with Gasteiger partial charge in [0.15, 0.2) is 0 Å². The second-order valence-electron chi connectivity index (χ2n) is 22.2. The van der Waals surface area contributed by atoms with Crippen LogP contribution in [0, 0.1) is 20.2 Å². The Morgan fingerprint density at radius 2 is 1.12 bits per heavy atom. The Hall–Kier alpha value is -10.3. The molecule has 6 aliphatic heterocycles. The van der Waals surface area contributed by atoms with Gasteiger partial charge >= 0.3 is 0 Å². The standard InChI is InChI=1S/C40H39N5O10.C27H22N2O5/c46-39(41-13-19-54-21-20-53-18-1-4-26-5-7-30(44(49)50)23-35(26)45(51)52)27-6-10-31(40(47)48)34(22-27)38-32-11-8-28(42-14-2-15-42)24-36(32)55-37-25-29(9-12-33(37)38)43-16-3-17-43;30-16-33-19-5-8-20(27(31)32)23(15-19)26-21-6-3-17(28-9-1-10-28)13-24(21)34-25-14-18(4-7-22(25)26)29-11-2-12-29/h5-12,22-25H,1-4,13-21H2,(H-,41,46,47,48);3-8,13-16H,1-2,9-12H2. The van der Waals surface area contributed by atoms with Crippen LogP contribution in [0.15, 0.2) is 136 Å². The quantitative estimate of drug-likeness (QED) is 0.0197. The molecule has 1 amide bonds. The number of rotatable bonds is 21. The van der Waals surface area contributed by atoms with Crippen LogP contribution in [0.25, 0.3) is 66.8 Å². The van der Waals surface area contributed by atoms with Gasteiger partial charge in [-0.1, -0.05) is 6.07 Å². The lowest BCUT2D eigenvalue weighted by Gasteiger charge is -2.33. The van der Waals surface area contributed by atoms with Gasteiger partial charge in [-0.25, -0.2) is 9.15 Å². The molecule has 5 aromatic carbocycles. The van der Waals surface area contributed by atoms with E-state index in [4.69, 9.17) is 23.0 Å². The number of nitrogens with one attached hydrogen (secondary N) is 1. The Morgan fingerprint density at radius 3 is 1.62 bits per heavy atom. The Bertz CT molecular complexity index is 4360. The summed E-state index contributed by atoms with van der Waals surface area (Å²) in [6.45, 7) is 9.37. The van der Waals surface area contributed by atoms with E-state index in [1.54, 1.807) is 12.1 Å². The first-order chi connectivity index (χ1) is 43.3. The average Bonchev–Trinajstić information content (AvgIpc) is 0.762. The van der Waals surface area contributed by atoms with Gasteiger partial charge in [0.05, 0.1) is 72.6 Å². The van der Waals surface area contributed by atoms with Gasteiger partial charge in [-0.3, -0.25) is 29.8 Å². The summed E-state index contributed by atoms with van der Waals surface area (Å²) in [6, 6.07) is 36.4. The highest BCUT2D eigenvalue weighted by molar-refractivity contribution is 6.10. The second kappa shape index (κ2) is 25.9. The molecule has 5 aromatic rings. The summed E-state index contributed by atoms with van der Waals surface area (Å²) >= 11 is 0. The summed E-state index contributed by atoms with van der Waals surface area (Å²) in [6.07, 6.45) is 5.35. The van der Waals surface area contributed by atoms with E-state index in [0.29, 0.717) is 76.4 Å². The average molecular weight is 1200 g/mol. The van der Waals surface area contributed by atoms with Crippen LogP contribution in [0.3, 0.4) is 0 Å². The van der Waals surface area contributed by atoms with E-state index in [0.717, 1.165) is 128 Å². The number of carboxylic acid groups (broad SMARTS) is 2. The fraction of sp³-hybridized carbons (Fsp3) is 0.284. The Kier molecular flexibility index (Phi) is 17.2. The van der Waals surface area contributed by atoms with Crippen molar-refractivity contribution >= 4 is 69.0 Å². The Balaban J connectivity index is 0.000000193. The number of hydrogen-bond donors (Lipinski definition) is 1. The molecule has 0 spiro atoms. The first-order valence-electron chi connectivity index (χ1n) is 29.6. The molecule has 0 aromatic heterocycles. The van der Waals surface area contributed by atoms with Crippen molar-refractivity contribution in [3.63, 3.8) is 0 Å². The number of anilines is 2. The molecule has 0 unspecified atom stereocenters. The van der Waals surface area contributed by atoms with E-state index in [9.17, 15) is 49.6 Å². The predicted octanol–water partition coefficient (Wildman–Crippen LogP) is 6.66. The molecule has 4 saturated heterocycles. The van der Waals surface area contributed by atoms with Gasteiger partial charge in [0.25, 0.3) is 23.8 Å². The van der Waals surface area contributed by atoms with Crippen molar-refractivity contribution in [3.05, 3.63) is 181 Å². The lowest BCUT2D eigenvalue weighted by Crippen LogP contribution is -2.40. The molecule has 0 bridgehead atoms. The Morgan fingerprint density at radius 1 is 0.573 bits per heavy atom. The van der Waals surface area contributed by atoms with Gasteiger partial charge in [-0.15, -0.1) is 0 Å². The molecule has 22 nitrogen and oxygen atoms in total. The number of benzene rings is 7. The van der Waals surface area contributed by atoms with Crippen molar-refractivity contribution < 1.29 is 62.3 Å². The van der Waals surface area contributed by atoms with E-state index in [-0.39, 0.29) is 60.2 Å². The minimum Gasteiger partial charge on any atom is -0.545 e. The summed E-state index contributed by atoms with van der Waals surface area (Å²) in [7, 11) is 0. The van der Waals surface area contributed by atoms with Crippen LogP contribution in [-0.2, 0) is 20.7 Å². The zero-order valence-corrected chi connectivity index (χ0v) is 48.4. The number of carboxylic acids is 2. The number of carbonyl (C=O) groups is 4. The molecule has 6 heterocycles. The normalized spacial score (nSPS) is 14.3. The van der Waals surface area contributed by atoms with Crippen LogP contribution in [0.1, 0.15) is 68.7 Å². The number of carbonyl (C=O) groups excluding carboxylic acids is 4. The third-order valence-corrected chi connectivity index (χ3v) is 16.8. The van der Waals surface area contributed by atoms with Gasteiger partial charge in [-0.2, -0.15) is 0 Å². The first kappa shape index (κ1) is 59.0. The summed E-state index contributed by atoms with van der Waals surface area (Å²) < 4.78 is 33.6. The lowest BCUT2D eigenvalue weighted by atomic mass is 9.89. The molecule has 1 N–H and O–H groups in total. The van der Waals surface area contributed by atoms with Gasteiger partial charge in [-0.05, 0) is 110 Å². The topological polar surface area (TPSA) is 279 Å². The van der Waals surface area contributed by atoms with Crippen LogP contribution < -0.4 is 49.9 Å². The van der Waals surface area contributed by atoms with Crippen molar-refractivity contribution in [1.82, 2.24) is 14.5 Å². The van der Waals surface area contributed by atoms with E-state index in [1.165, 1.54) is 36.4 Å². The number of nitrogens with zero attached hydrogens (tertiary/aromatic N) is 6. The van der Waals surface area contributed by atoms with Crippen molar-refractivity contribution in [2.24, 2.45) is 0 Å². The van der Waals surface area contributed by atoms with Crippen LogP contribution in [0.2, 0.25) is 0 Å². The molecule has 13 rings (SSSR count). The van der Waals surface area contributed by atoms with E-state index >= 15 is 0 Å². The highest BCUT2D eigenvalue weighted by Gasteiger charge is 2.28. The number of fused-ring (bicyclic) bond motifs is 4. The molecule has 454 valence electrons. The number of non-ortho nitro benzene ring substituents is 1. The highest BCUT2D eigenvalue weighted by Crippen LogP contribution is 2.45. The highest BCUT2D eigenvalue weighted by atomic mass is 16.6. The third kappa shape index (κ3) is 12.5. The molecule has 89 heavy (non-hydrogen) atoms. The zero-order valence-electron chi connectivity index (χ0n) is 48.4. The van der Waals surface area contributed by atoms with E-state index in [2.05, 4.69) is 24.3 Å². The van der Waals surface area contributed by atoms with Crippen molar-refractivity contribution in [2.75, 3.05) is 95.1 Å². The monoisotopic (exact) mass is 1200 g/mol. The van der Waals surface area contributed by atoms with Crippen molar-refractivity contribution in [2.45, 2.75) is 38.5 Å². The molecule has 0 radical (unpaired) electrons. The number of nitro benzene ring substituents is 2. The fourth-order valence-corrected chi connectivity index (χ4v) is 11.6. The zero-order chi connectivity index (χ0) is 61.7. The van der Waals surface area contributed by atoms with Crippen LogP contribution in [-0.4, -0.2) is 119 Å². The minimum absolute atomic E-state index is 0.0192. The molecule has 0 atom stereocenters. The summed E-state index contributed by atoms with van der Waals surface area (Å²) in [5.41, 5.74) is 7.00. The van der Waals surface area contributed by atoms with Crippen molar-refractivity contribution in [1.29, 1.82) is 0 Å². The molecular formula is C67H61N7O15. The molecule has 0 saturated carbocycles. The number of aryl methyl sites for hydroxylation is 1. The number of ether oxygens (including phenoxy) is 3. The lowest BCUT2D eigenvalue weighted by molar-refractivity contribution is -0.394. The van der Waals surface area contributed by atoms with Crippen molar-refractivity contribution in [3.8, 4) is 50.7 Å². The maximum Gasteiger partial charge on any atom is 0.298 e. The summed E-state index contributed by atoms with van der Waals surface area (Å²) in [4.78, 5) is 74.4. The number of hydrogen-bond acceptors (Lipinski definition) is 17. The maximum absolute atomic E-state index is 13.3. The number of nitro groups is 2. The van der Waals surface area contributed by atoms with Crippen LogP contribution in [0.4, 0.5) is 22.7 Å². The minimum atomic E-state index is -1.36. The third-order valence-electron chi connectivity index (χ3n) is 16.8. The van der Waals surface area contributed by atoms with Gasteiger partial charge in [0.1, 0.15) is 54.6 Å². The molecule has 8 aliphatic rings. The largest absolute Gasteiger partial charge is 0.545 e. The molecule has 2 aliphatic carbocycles. The second-order valence-corrected chi connectivity index (χ2v) is 22.2. The first-order valence-corrected chi connectivity index (χ1v) is 29.6. The van der Waals surface area contributed by atoms with Crippen LogP contribution in [0.5, 0.6) is 5.75 Å². The number of amides is 1. The maximum atomic E-state index is 13.3. The predicted molar refractivity (Wildman–Crippen MR) is 327 cm³/mol. The van der Waals surface area contributed by atoms with Crippen LogP contribution >= 0.6 is 0 Å². The Labute approximate surface area is 508 Å². The SMILES string of the molecule is O=C(NCCOCCOCCCc1ccc([N+](=O)[O-])cc1[N+](=O)[O-])c1ccc(C(=O)[O-])c(-c2c3ccc(=[N+]4CCC4)cc-3oc3cc(N4CCC4)ccc23)c1.O=COc1ccc(C(=O)[O-])c(-c2c3ccc(=[N+]4CCC4)cc-3oc3cc(N4CCC4)ccc23)c1. The number of aromatic carboxylic acids is 2. The smallest absolute Gasteiger partial charge is 0.298 e. The van der Waals surface area contributed by atoms with E-state index in [1.807, 2.05) is 72.8 Å². The molecular weight excluding hydrogens is 1140 g/mol. The summed E-state index contributed by atoms with van der Waals surface area (Å²) in [5.74, 6) is -1.53. The fourth-order valence-electron chi connectivity index (χ4n) is 11.6.